The number of methoxy groups -OCH3 is 2. The summed E-state index contributed by atoms with van der Waals surface area (Å²) in [6.45, 7) is 6.21. The first-order valence-electron chi connectivity index (χ1n) is 10.6. The Hall–Kier alpha value is -2.76. The summed E-state index contributed by atoms with van der Waals surface area (Å²) < 4.78 is 20.7. The predicted octanol–water partition coefficient (Wildman–Crippen LogP) is 2.11. The Balaban J connectivity index is 0.000000386. The molecule has 2 heterocycles. The van der Waals surface area contributed by atoms with Crippen molar-refractivity contribution in [3.05, 3.63) is 84.3 Å². The predicted molar refractivity (Wildman–Crippen MR) is 129 cm³/mol. The molecule has 36 heavy (non-hydrogen) atoms. The minimum atomic E-state index is -0.259. The van der Waals surface area contributed by atoms with E-state index in [1.165, 1.54) is 20.3 Å². The molecule has 182 valence electrons. The van der Waals surface area contributed by atoms with E-state index in [9.17, 15) is 4.79 Å². The molecular formula is C26H26KN4O5-. The Morgan fingerprint density at radius 3 is 2.19 bits per heavy atom. The van der Waals surface area contributed by atoms with Crippen LogP contribution >= 0.6 is 0 Å². The van der Waals surface area contributed by atoms with Crippen LogP contribution in [0, 0.1) is 12.3 Å². The van der Waals surface area contributed by atoms with Crippen molar-refractivity contribution < 1.29 is 74.9 Å². The van der Waals surface area contributed by atoms with E-state index in [0.717, 1.165) is 5.76 Å². The Morgan fingerprint density at radius 1 is 1.00 bits per heavy atom. The van der Waals surface area contributed by atoms with Gasteiger partial charge in [0.15, 0.2) is 0 Å². The summed E-state index contributed by atoms with van der Waals surface area (Å²) in [6, 6.07) is 19.9. The molecule has 1 N–H and O–H groups in total. The molecule has 0 saturated carbocycles. The third kappa shape index (κ3) is 9.03. The second kappa shape index (κ2) is 14.1. The van der Waals surface area contributed by atoms with Gasteiger partial charge < -0.3 is 24.1 Å². The van der Waals surface area contributed by atoms with Crippen LogP contribution in [0.5, 0.6) is 23.5 Å². The molecule has 2 aromatic carbocycles. The van der Waals surface area contributed by atoms with Crippen LogP contribution in [0.4, 0.5) is 5.69 Å². The van der Waals surface area contributed by atoms with Crippen LogP contribution < -0.4 is 70.9 Å². The van der Waals surface area contributed by atoms with Gasteiger partial charge in [-0.2, -0.15) is 34.2 Å². The normalized spacial score (nSPS) is 10.2. The zero-order valence-electron chi connectivity index (χ0n) is 21.2. The molecule has 10 heteroatoms. The minimum Gasteiger partial charge on any atom is -0.481 e. The van der Waals surface area contributed by atoms with Crippen molar-refractivity contribution in [2.45, 2.75) is 26.2 Å². The van der Waals surface area contributed by atoms with Crippen LogP contribution in [0.3, 0.4) is 0 Å². The van der Waals surface area contributed by atoms with Crippen molar-refractivity contribution in [1.82, 2.24) is 15.1 Å². The average Bonchev–Trinajstić information content (AvgIpc) is 3.41. The van der Waals surface area contributed by atoms with Gasteiger partial charge in [-0.05, 0) is 29.4 Å². The number of benzene rings is 2. The third-order valence-corrected chi connectivity index (χ3v) is 4.49. The van der Waals surface area contributed by atoms with Gasteiger partial charge in [-0.1, -0.05) is 32.5 Å². The van der Waals surface area contributed by atoms with Gasteiger partial charge in [0, 0.05) is 5.56 Å². The number of amides is 1. The van der Waals surface area contributed by atoms with E-state index in [1.54, 1.807) is 54.6 Å². The van der Waals surface area contributed by atoms with E-state index in [0.29, 0.717) is 28.8 Å². The van der Waals surface area contributed by atoms with Gasteiger partial charge in [0.2, 0.25) is 11.8 Å². The number of anilines is 1. The molecule has 2 aromatic heterocycles. The van der Waals surface area contributed by atoms with E-state index in [1.807, 2.05) is 0 Å². The standard InChI is InChI=1S/C19H16N3O4.C7H10NO.K/c1-24-16-12-17(25-2)22-19(21-16)26-15-10-6-7-13(11-15)18(23)20-14-8-4-3-5-9-14;1-7(2,3)6-4-5-8-9-6;/h4-12H,1-2H3,(H,20,23);4H,1-3H3;/q2*-1;+1. The molecule has 0 aliphatic carbocycles. The molecular weight excluding hydrogens is 487 g/mol. The van der Waals surface area contributed by atoms with Gasteiger partial charge in [0.1, 0.15) is 5.75 Å². The molecule has 0 aliphatic heterocycles. The molecule has 9 nitrogen and oxygen atoms in total. The fourth-order valence-electron chi connectivity index (χ4n) is 2.66. The maximum atomic E-state index is 12.4. The quantitative estimate of drug-likeness (QED) is 0.309. The largest absolute Gasteiger partial charge is 1.00 e. The molecule has 0 unspecified atom stereocenters. The summed E-state index contributed by atoms with van der Waals surface area (Å²) in [4.78, 5) is 20.6. The van der Waals surface area contributed by atoms with Gasteiger partial charge in [0.05, 0.1) is 20.3 Å². The van der Waals surface area contributed by atoms with Gasteiger partial charge in [-0.25, -0.2) is 5.16 Å². The Morgan fingerprint density at radius 2 is 1.67 bits per heavy atom. The van der Waals surface area contributed by atoms with Crippen molar-refractivity contribution in [3.63, 3.8) is 0 Å². The Labute approximate surface area is 253 Å². The number of ether oxygens (including phenoxy) is 3. The first-order valence-corrected chi connectivity index (χ1v) is 10.6. The number of nitrogens with one attached hydrogen (secondary N) is 1. The monoisotopic (exact) mass is 513 g/mol. The Kier molecular flexibility index (Phi) is 11.5. The first kappa shape index (κ1) is 29.5. The minimum absolute atomic E-state index is 0. The van der Waals surface area contributed by atoms with Gasteiger partial charge in [-0.3, -0.25) is 4.79 Å². The maximum Gasteiger partial charge on any atom is 1.00 e. The van der Waals surface area contributed by atoms with E-state index in [2.05, 4.69) is 53.5 Å². The molecule has 0 radical (unpaired) electrons. The number of hydrogen-bond acceptors (Lipinski definition) is 8. The van der Waals surface area contributed by atoms with Crippen molar-refractivity contribution >= 4 is 11.6 Å². The van der Waals surface area contributed by atoms with Crippen LogP contribution in [0.15, 0.2) is 65.2 Å². The molecule has 0 saturated heterocycles. The van der Waals surface area contributed by atoms with Crippen molar-refractivity contribution in [1.29, 1.82) is 0 Å². The van der Waals surface area contributed by atoms with Crippen molar-refractivity contribution in [3.8, 4) is 23.5 Å². The van der Waals surface area contributed by atoms with Gasteiger partial charge >= 0.3 is 57.4 Å². The van der Waals surface area contributed by atoms with Crippen molar-refractivity contribution in [2.24, 2.45) is 0 Å². The number of carbonyl (C=O) groups is 1. The SMILES string of the molecule is CC(C)(C)c1c[c-]no1.COc1cc(OC)nc(Oc2cccc(C(=O)Nc3cc[c-]cc3)c2)n1.[K+]. The molecule has 0 aliphatic rings. The molecule has 1 amide bonds. The average molecular weight is 514 g/mol. The number of nitrogens with zero attached hydrogens (tertiary/aromatic N) is 3. The van der Waals surface area contributed by atoms with E-state index >= 15 is 0 Å². The van der Waals surface area contributed by atoms with E-state index in [-0.39, 0.29) is 68.7 Å². The number of rotatable bonds is 6. The van der Waals surface area contributed by atoms with Crippen LogP contribution in [0.2, 0.25) is 0 Å². The van der Waals surface area contributed by atoms with Crippen LogP contribution in [-0.2, 0) is 5.41 Å². The van der Waals surface area contributed by atoms with Crippen LogP contribution in [0.1, 0.15) is 36.9 Å². The summed E-state index contributed by atoms with van der Waals surface area (Å²) in [5.74, 6) is 1.64. The van der Waals surface area contributed by atoms with Crippen molar-refractivity contribution in [2.75, 3.05) is 19.5 Å². The summed E-state index contributed by atoms with van der Waals surface area (Å²) >= 11 is 0. The molecule has 0 fully saturated rings. The summed E-state index contributed by atoms with van der Waals surface area (Å²) in [5.41, 5.74) is 1.18. The Bertz CT molecular complexity index is 1210. The number of carbonyl (C=O) groups excluding carboxylic acids is 1. The first-order chi connectivity index (χ1) is 16.8. The summed E-state index contributed by atoms with van der Waals surface area (Å²) in [7, 11) is 2.97. The summed E-state index contributed by atoms with van der Waals surface area (Å²) in [6.07, 6.45) is 2.62. The fourth-order valence-corrected chi connectivity index (χ4v) is 2.66. The summed E-state index contributed by atoms with van der Waals surface area (Å²) in [5, 5.41) is 6.29. The molecule has 4 aromatic rings. The second-order valence-corrected chi connectivity index (χ2v) is 8.18. The molecule has 0 spiro atoms. The topological polar surface area (TPSA) is 109 Å². The van der Waals surface area contributed by atoms with Gasteiger partial charge in [-0.15, -0.1) is 18.3 Å². The van der Waals surface area contributed by atoms with E-state index in [4.69, 9.17) is 18.7 Å². The number of aromatic nitrogens is 3. The zero-order valence-corrected chi connectivity index (χ0v) is 24.3. The molecule has 4 rings (SSSR count). The van der Waals surface area contributed by atoms with E-state index < -0.39 is 0 Å². The smallest absolute Gasteiger partial charge is 0.481 e. The molecule has 0 bridgehead atoms. The number of hydrogen-bond donors (Lipinski definition) is 1. The zero-order chi connectivity index (χ0) is 25.3. The third-order valence-electron chi connectivity index (χ3n) is 4.49. The fraction of sp³-hybridized carbons (Fsp3) is 0.231. The van der Waals surface area contributed by atoms with Crippen LogP contribution in [0.25, 0.3) is 0 Å². The maximum absolute atomic E-state index is 12.4. The van der Waals surface area contributed by atoms with Gasteiger partial charge in [0.25, 0.3) is 5.91 Å². The molecule has 0 atom stereocenters. The second-order valence-electron chi connectivity index (χ2n) is 8.18. The van der Waals surface area contributed by atoms with Crippen LogP contribution in [-0.4, -0.2) is 35.3 Å².